The molecular formula is C72H42N8. The minimum absolute atomic E-state index is 0.619. The van der Waals surface area contributed by atoms with Gasteiger partial charge in [-0.05, 0) is 35.4 Å². The Morgan fingerprint density at radius 3 is 0.800 bits per heavy atom. The molecule has 0 atom stereocenters. The Labute approximate surface area is 457 Å². The molecule has 17 rings (SSSR count). The number of rotatable bonds is 8. The van der Waals surface area contributed by atoms with Crippen LogP contribution in [0, 0.1) is 0 Å². The van der Waals surface area contributed by atoms with Gasteiger partial charge < -0.3 is 8.80 Å². The second-order valence-electron chi connectivity index (χ2n) is 20.5. The van der Waals surface area contributed by atoms with Gasteiger partial charge in [-0.1, -0.05) is 231 Å². The molecule has 0 saturated heterocycles. The third-order valence-corrected chi connectivity index (χ3v) is 16.1. The van der Waals surface area contributed by atoms with Crippen LogP contribution in [0.5, 0.6) is 0 Å². The minimum atomic E-state index is 0.619. The Balaban J connectivity index is 1.04. The topological polar surface area (TPSA) is 86.2 Å². The maximum atomic E-state index is 5.34. The zero-order valence-corrected chi connectivity index (χ0v) is 42.8. The first-order valence-corrected chi connectivity index (χ1v) is 27.0. The summed E-state index contributed by atoms with van der Waals surface area (Å²) in [6.45, 7) is 0. The van der Waals surface area contributed by atoms with E-state index in [4.69, 9.17) is 29.9 Å². The second-order valence-corrected chi connectivity index (χ2v) is 20.5. The Morgan fingerprint density at radius 1 is 0.200 bits per heavy atom. The standard InChI is InChI=1S/C72H42N8/c1-7-23-43(24-8-1)57-61-51-39-41-53(71-75-67(45-27-11-3-12-28-45)73-68(76-71)46-29-13-4-14-30-46)59-50-36-20-22-38-56(50)80(63(51)59)66(61)58(44-25-9-2-10-26-44)62-52-40-42-54(60-49-35-19-21-37-55(49)79(64(52)60)65(57)62)72-77-69(47-31-15-5-16-32-47)74-70(78-72)48-33-17-6-18-34-48/h1-42H. The molecule has 0 N–H and O–H groups in total. The van der Waals surface area contributed by atoms with Crippen LogP contribution < -0.4 is 0 Å². The number of hydrogen-bond donors (Lipinski definition) is 0. The smallest absolute Gasteiger partial charge is 0.164 e. The Morgan fingerprint density at radius 2 is 0.475 bits per heavy atom. The van der Waals surface area contributed by atoms with Crippen LogP contribution in [-0.2, 0) is 0 Å². The van der Waals surface area contributed by atoms with E-state index in [1.54, 1.807) is 0 Å². The van der Waals surface area contributed by atoms with Crippen molar-refractivity contribution in [2.45, 2.75) is 0 Å². The van der Waals surface area contributed by atoms with Crippen LogP contribution >= 0.6 is 0 Å². The largest absolute Gasteiger partial charge is 0.307 e. The lowest BCUT2D eigenvalue weighted by Crippen LogP contribution is -2.00. The van der Waals surface area contributed by atoms with Crippen LogP contribution in [0.15, 0.2) is 255 Å². The van der Waals surface area contributed by atoms with Gasteiger partial charge in [0.05, 0.1) is 33.1 Å². The maximum Gasteiger partial charge on any atom is 0.164 e. The number of fused-ring (bicyclic) bond motifs is 12. The summed E-state index contributed by atoms with van der Waals surface area (Å²) in [4.78, 5) is 31.6. The molecule has 0 saturated carbocycles. The van der Waals surface area contributed by atoms with Gasteiger partial charge in [0.15, 0.2) is 34.9 Å². The zero-order valence-electron chi connectivity index (χ0n) is 42.8. The monoisotopic (exact) mass is 1020 g/mol. The van der Waals surface area contributed by atoms with Crippen LogP contribution in [-0.4, -0.2) is 38.7 Å². The van der Waals surface area contributed by atoms with E-state index in [0.29, 0.717) is 34.9 Å². The van der Waals surface area contributed by atoms with Gasteiger partial charge in [0, 0.05) is 87.6 Å². The first-order chi connectivity index (χ1) is 39.7. The molecule has 8 heteroatoms. The molecular weight excluding hydrogens is 977 g/mol. The predicted octanol–water partition coefficient (Wildman–Crippen LogP) is 17.7. The van der Waals surface area contributed by atoms with Crippen LogP contribution in [0.2, 0.25) is 0 Å². The molecule has 0 fully saturated rings. The highest BCUT2D eigenvalue weighted by Crippen LogP contribution is 2.55. The van der Waals surface area contributed by atoms with Gasteiger partial charge in [-0.25, -0.2) is 29.9 Å². The van der Waals surface area contributed by atoms with Gasteiger partial charge in [0.1, 0.15) is 0 Å². The highest BCUT2D eigenvalue weighted by Gasteiger charge is 2.33. The maximum absolute atomic E-state index is 5.34. The molecule has 6 heterocycles. The summed E-state index contributed by atoms with van der Waals surface area (Å²) >= 11 is 0. The van der Waals surface area contributed by atoms with Gasteiger partial charge in [0.25, 0.3) is 0 Å². The first-order valence-electron chi connectivity index (χ1n) is 27.0. The Hall–Kier alpha value is -11.0. The summed E-state index contributed by atoms with van der Waals surface area (Å²) in [5.74, 6) is 3.73. The van der Waals surface area contributed by atoms with Crippen molar-refractivity contribution in [3.05, 3.63) is 255 Å². The van der Waals surface area contributed by atoms with Gasteiger partial charge in [-0.15, -0.1) is 0 Å². The third-order valence-electron chi connectivity index (χ3n) is 16.1. The van der Waals surface area contributed by atoms with E-state index in [1.807, 2.05) is 72.8 Å². The molecule has 0 unspecified atom stereocenters. The molecule has 8 nitrogen and oxygen atoms in total. The van der Waals surface area contributed by atoms with Crippen molar-refractivity contribution in [2.24, 2.45) is 0 Å². The lowest BCUT2D eigenvalue weighted by atomic mass is 9.89. The second kappa shape index (κ2) is 17.3. The van der Waals surface area contributed by atoms with Crippen LogP contribution in [0.3, 0.4) is 0 Å². The van der Waals surface area contributed by atoms with E-state index in [9.17, 15) is 0 Å². The first kappa shape index (κ1) is 44.2. The van der Waals surface area contributed by atoms with Crippen LogP contribution in [0.25, 0.3) is 167 Å². The van der Waals surface area contributed by atoms with Crippen molar-refractivity contribution in [1.29, 1.82) is 0 Å². The van der Waals surface area contributed by atoms with E-state index >= 15 is 0 Å². The number of benzene rings is 11. The molecule has 0 aliphatic heterocycles. The van der Waals surface area contributed by atoms with E-state index in [-0.39, 0.29) is 0 Å². The molecule has 6 aromatic heterocycles. The van der Waals surface area contributed by atoms with Crippen molar-refractivity contribution in [1.82, 2.24) is 38.7 Å². The summed E-state index contributed by atoms with van der Waals surface area (Å²) in [6.07, 6.45) is 0. The zero-order chi connectivity index (χ0) is 52.4. The summed E-state index contributed by atoms with van der Waals surface area (Å²) in [6, 6.07) is 89.6. The molecule has 0 radical (unpaired) electrons. The SMILES string of the molecule is c1ccc(-c2nc(-c3ccccc3)nc(-c3ccc4c5c(-c6ccccc6)c6c(c(-c7ccccc7)c5n5c7ccccc7c3c45)c3ccc(-c4nc(-c5ccccc5)nc(-c5ccccc5)n4)c4c5ccccc5n6c34)n2)cc1. The lowest BCUT2D eigenvalue weighted by Gasteiger charge is -2.16. The number of para-hydroxylation sites is 2. The fourth-order valence-corrected chi connectivity index (χ4v) is 12.8. The Kier molecular flexibility index (Phi) is 9.54. The number of aromatic nitrogens is 8. The van der Waals surface area contributed by atoms with Crippen molar-refractivity contribution in [2.75, 3.05) is 0 Å². The van der Waals surface area contributed by atoms with Gasteiger partial charge in [-0.3, -0.25) is 0 Å². The molecule has 80 heavy (non-hydrogen) atoms. The summed E-state index contributed by atoms with van der Waals surface area (Å²) in [7, 11) is 0. The van der Waals surface area contributed by atoms with Gasteiger partial charge in [-0.2, -0.15) is 0 Å². The molecule has 0 bridgehead atoms. The minimum Gasteiger partial charge on any atom is -0.307 e. The quantitative estimate of drug-likeness (QED) is 0.151. The Bertz CT molecular complexity index is 4810. The summed E-state index contributed by atoms with van der Waals surface area (Å²) in [5, 5.41) is 9.08. The fourth-order valence-electron chi connectivity index (χ4n) is 12.8. The van der Waals surface area contributed by atoms with Crippen molar-refractivity contribution < 1.29 is 0 Å². The molecule has 0 spiro atoms. The molecule has 0 amide bonds. The highest BCUT2D eigenvalue weighted by molar-refractivity contribution is 6.39. The highest BCUT2D eigenvalue weighted by atomic mass is 15.0. The average Bonchev–Trinajstić information content (AvgIpc) is 3.62. The third kappa shape index (κ3) is 6.44. The molecule has 17 aromatic rings. The normalized spacial score (nSPS) is 12.0. The average molecular weight is 1020 g/mol. The van der Waals surface area contributed by atoms with Gasteiger partial charge in [0.2, 0.25) is 0 Å². The van der Waals surface area contributed by atoms with E-state index in [1.165, 1.54) is 10.8 Å². The van der Waals surface area contributed by atoms with E-state index in [2.05, 4.69) is 191 Å². The molecule has 370 valence electrons. The van der Waals surface area contributed by atoms with Crippen molar-refractivity contribution in [3.8, 4) is 90.6 Å². The van der Waals surface area contributed by atoms with E-state index < -0.39 is 0 Å². The van der Waals surface area contributed by atoms with Crippen LogP contribution in [0.1, 0.15) is 0 Å². The lowest BCUT2D eigenvalue weighted by molar-refractivity contribution is 1.08. The summed E-state index contributed by atoms with van der Waals surface area (Å²) < 4.78 is 5.09. The van der Waals surface area contributed by atoms with Crippen molar-refractivity contribution >= 4 is 76.2 Å². The summed E-state index contributed by atoms with van der Waals surface area (Å²) in [5.41, 5.74) is 16.9. The number of hydrogen-bond acceptors (Lipinski definition) is 6. The van der Waals surface area contributed by atoms with Crippen LogP contribution in [0.4, 0.5) is 0 Å². The fraction of sp³-hybridized carbons (Fsp3) is 0. The molecule has 0 aliphatic rings. The number of nitrogens with zero attached hydrogens (tertiary/aromatic N) is 8. The molecule has 11 aromatic carbocycles. The van der Waals surface area contributed by atoms with E-state index in [0.717, 1.165) is 121 Å². The predicted molar refractivity (Wildman–Crippen MR) is 326 cm³/mol. The van der Waals surface area contributed by atoms with Gasteiger partial charge >= 0.3 is 0 Å². The van der Waals surface area contributed by atoms with Crippen molar-refractivity contribution in [3.63, 3.8) is 0 Å². The molecule has 0 aliphatic carbocycles.